The highest BCUT2D eigenvalue weighted by Crippen LogP contribution is 2.17. The molecular formula is C17H24N4O. The standard InChI is InChI=1S/C17H24N4O/c1-13-6-5-9-21(12-13)14(2)11-19-17(22)20-16-8-4-3-7-15(16)10-18/h3-4,7-8,13-14H,5-6,9,11-12H2,1-2H3,(H2,19,20,22). The Bertz CT molecular complexity index is 552. The number of hydrogen-bond donors (Lipinski definition) is 2. The first kappa shape index (κ1) is 16.3. The summed E-state index contributed by atoms with van der Waals surface area (Å²) in [5.41, 5.74) is 1.01. The molecule has 1 aliphatic rings. The first-order valence-corrected chi connectivity index (χ1v) is 7.88. The zero-order chi connectivity index (χ0) is 15.9. The highest BCUT2D eigenvalue weighted by atomic mass is 16.2. The van der Waals surface area contributed by atoms with Crippen LogP contribution in [0.25, 0.3) is 0 Å². The van der Waals surface area contributed by atoms with Crippen molar-refractivity contribution in [3.8, 4) is 6.07 Å². The molecular weight excluding hydrogens is 276 g/mol. The molecule has 0 radical (unpaired) electrons. The van der Waals surface area contributed by atoms with E-state index in [9.17, 15) is 4.79 Å². The van der Waals surface area contributed by atoms with Crippen molar-refractivity contribution in [2.24, 2.45) is 5.92 Å². The lowest BCUT2D eigenvalue weighted by Crippen LogP contribution is -2.47. The van der Waals surface area contributed by atoms with Crippen molar-refractivity contribution in [2.75, 3.05) is 25.0 Å². The number of para-hydroxylation sites is 1. The first-order chi connectivity index (χ1) is 10.6. The van der Waals surface area contributed by atoms with E-state index in [0.29, 0.717) is 23.8 Å². The van der Waals surface area contributed by atoms with E-state index >= 15 is 0 Å². The monoisotopic (exact) mass is 300 g/mol. The molecule has 0 aliphatic carbocycles. The molecule has 2 unspecified atom stereocenters. The number of hydrogen-bond acceptors (Lipinski definition) is 3. The Balaban J connectivity index is 1.81. The molecule has 5 nitrogen and oxygen atoms in total. The van der Waals surface area contributed by atoms with Crippen LogP contribution in [0.5, 0.6) is 0 Å². The molecule has 2 rings (SSSR count). The zero-order valence-corrected chi connectivity index (χ0v) is 13.3. The summed E-state index contributed by atoms with van der Waals surface area (Å²) >= 11 is 0. The third kappa shape index (κ3) is 4.47. The van der Waals surface area contributed by atoms with Crippen LogP contribution in [0.15, 0.2) is 24.3 Å². The molecule has 1 aliphatic heterocycles. The quantitative estimate of drug-likeness (QED) is 0.898. The predicted octanol–water partition coefficient (Wildman–Crippen LogP) is 2.80. The molecule has 22 heavy (non-hydrogen) atoms. The van der Waals surface area contributed by atoms with Gasteiger partial charge < -0.3 is 10.6 Å². The molecule has 2 amide bonds. The number of benzene rings is 1. The second-order valence-corrected chi connectivity index (χ2v) is 6.08. The molecule has 118 valence electrons. The topological polar surface area (TPSA) is 68.2 Å². The van der Waals surface area contributed by atoms with E-state index in [1.54, 1.807) is 24.3 Å². The second kappa shape index (κ2) is 7.81. The molecule has 0 aromatic heterocycles. The highest BCUT2D eigenvalue weighted by molar-refractivity contribution is 5.90. The fraction of sp³-hybridized carbons (Fsp3) is 0.529. The van der Waals surface area contributed by atoms with Crippen molar-refractivity contribution < 1.29 is 4.79 Å². The lowest BCUT2D eigenvalue weighted by Gasteiger charge is -2.35. The van der Waals surface area contributed by atoms with Crippen LogP contribution in [0.3, 0.4) is 0 Å². The van der Waals surface area contributed by atoms with Crippen LogP contribution in [-0.2, 0) is 0 Å². The van der Waals surface area contributed by atoms with Crippen molar-refractivity contribution in [3.05, 3.63) is 29.8 Å². The summed E-state index contributed by atoms with van der Waals surface area (Å²) in [7, 11) is 0. The largest absolute Gasteiger partial charge is 0.336 e. The van der Waals surface area contributed by atoms with Gasteiger partial charge in [-0.25, -0.2) is 4.79 Å². The van der Waals surface area contributed by atoms with Gasteiger partial charge in [0, 0.05) is 19.1 Å². The maximum absolute atomic E-state index is 12.0. The average molecular weight is 300 g/mol. The van der Waals surface area contributed by atoms with Crippen LogP contribution in [0.2, 0.25) is 0 Å². The average Bonchev–Trinajstić information content (AvgIpc) is 2.53. The molecule has 1 fully saturated rings. The zero-order valence-electron chi connectivity index (χ0n) is 13.3. The molecule has 2 atom stereocenters. The summed E-state index contributed by atoms with van der Waals surface area (Å²) < 4.78 is 0. The number of carbonyl (C=O) groups excluding carboxylic acids is 1. The van der Waals surface area contributed by atoms with Gasteiger partial charge in [-0.05, 0) is 44.4 Å². The second-order valence-electron chi connectivity index (χ2n) is 6.08. The smallest absolute Gasteiger partial charge is 0.319 e. The molecule has 0 bridgehead atoms. The van der Waals surface area contributed by atoms with Crippen molar-refractivity contribution in [3.63, 3.8) is 0 Å². The van der Waals surface area contributed by atoms with Crippen LogP contribution < -0.4 is 10.6 Å². The number of urea groups is 1. The number of amides is 2. The van der Waals surface area contributed by atoms with Crippen molar-refractivity contribution >= 4 is 11.7 Å². The van der Waals surface area contributed by atoms with E-state index in [0.717, 1.165) is 19.0 Å². The number of anilines is 1. The van der Waals surface area contributed by atoms with Crippen molar-refractivity contribution in [1.29, 1.82) is 5.26 Å². The van der Waals surface area contributed by atoms with Crippen LogP contribution >= 0.6 is 0 Å². The highest BCUT2D eigenvalue weighted by Gasteiger charge is 2.21. The Kier molecular flexibility index (Phi) is 5.79. The molecule has 0 saturated carbocycles. The van der Waals surface area contributed by atoms with Crippen LogP contribution in [-0.4, -0.2) is 36.6 Å². The predicted molar refractivity (Wildman–Crippen MR) is 87.6 cm³/mol. The summed E-state index contributed by atoms with van der Waals surface area (Å²) in [6.45, 7) is 7.22. The van der Waals surface area contributed by atoms with E-state index < -0.39 is 0 Å². The summed E-state index contributed by atoms with van der Waals surface area (Å²) in [5, 5.41) is 14.6. The third-order valence-corrected chi connectivity index (χ3v) is 4.17. The van der Waals surface area contributed by atoms with Gasteiger partial charge in [0.2, 0.25) is 0 Å². The number of nitriles is 1. The van der Waals surface area contributed by atoms with E-state index in [1.807, 2.05) is 0 Å². The first-order valence-electron chi connectivity index (χ1n) is 7.88. The summed E-state index contributed by atoms with van der Waals surface area (Å²) in [4.78, 5) is 14.4. The van der Waals surface area contributed by atoms with Gasteiger partial charge in [0.25, 0.3) is 0 Å². The number of piperidine rings is 1. The Morgan fingerprint density at radius 3 is 3.00 bits per heavy atom. The molecule has 0 spiro atoms. The van der Waals surface area contributed by atoms with Gasteiger partial charge in [-0.15, -0.1) is 0 Å². The van der Waals surface area contributed by atoms with Gasteiger partial charge in [0.05, 0.1) is 11.3 Å². The summed E-state index contributed by atoms with van der Waals surface area (Å²) in [6.07, 6.45) is 2.52. The van der Waals surface area contributed by atoms with E-state index in [1.165, 1.54) is 12.8 Å². The van der Waals surface area contributed by atoms with Gasteiger partial charge in [-0.3, -0.25) is 4.90 Å². The minimum atomic E-state index is -0.264. The molecule has 1 aromatic rings. The molecule has 2 N–H and O–H groups in total. The summed E-state index contributed by atoms with van der Waals surface area (Å²) in [6, 6.07) is 9.12. The lowest BCUT2D eigenvalue weighted by molar-refractivity contribution is 0.138. The van der Waals surface area contributed by atoms with Gasteiger partial charge in [0.1, 0.15) is 6.07 Å². The molecule has 1 saturated heterocycles. The third-order valence-electron chi connectivity index (χ3n) is 4.17. The number of nitrogens with zero attached hydrogens (tertiary/aromatic N) is 2. The molecule has 1 heterocycles. The Morgan fingerprint density at radius 1 is 1.50 bits per heavy atom. The van der Waals surface area contributed by atoms with E-state index in [2.05, 4.69) is 35.5 Å². The fourth-order valence-electron chi connectivity index (χ4n) is 2.85. The number of likely N-dealkylation sites (tertiary alicyclic amines) is 1. The molecule has 5 heteroatoms. The Hall–Kier alpha value is -2.06. The van der Waals surface area contributed by atoms with Gasteiger partial charge in [0.15, 0.2) is 0 Å². The lowest BCUT2D eigenvalue weighted by atomic mass is 9.99. The van der Waals surface area contributed by atoms with Crippen molar-refractivity contribution in [1.82, 2.24) is 10.2 Å². The summed E-state index contributed by atoms with van der Waals surface area (Å²) in [5.74, 6) is 0.729. The maximum atomic E-state index is 12.0. The van der Waals surface area contributed by atoms with Gasteiger partial charge >= 0.3 is 6.03 Å². The molecule has 1 aromatic carbocycles. The van der Waals surface area contributed by atoms with Gasteiger partial charge in [-0.2, -0.15) is 5.26 Å². The van der Waals surface area contributed by atoms with Gasteiger partial charge in [-0.1, -0.05) is 19.1 Å². The maximum Gasteiger partial charge on any atom is 0.319 e. The number of nitrogens with one attached hydrogen (secondary N) is 2. The van der Waals surface area contributed by atoms with Crippen LogP contribution in [0.1, 0.15) is 32.3 Å². The minimum Gasteiger partial charge on any atom is -0.336 e. The Labute approximate surface area is 132 Å². The SMILES string of the molecule is CC1CCCN(C(C)CNC(=O)Nc2ccccc2C#N)C1. The van der Waals surface area contributed by atoms with Crippen molar-refractivity contribution in [2.45, 2.75) is 32.7 Å². The minimum absolute atomic E-state index is 0.264. The number of rotatable bonds is 4. The normalized spacial score (nSPS) is 20.0. The number of carbonyl (C=O) groups is 1. The fourth-order valence-corrected chi connectivity index (χ4v) is 2.85. The Morgan fingerprint density at radius 2 is 2.27 bits per heavy atom. The van der Waals surface area contributed by atoms with Crippen LogP contribution in [0, 0.1) is 17.2 Å². The van der Waals surface area contributed by atoms with E-state index in [4.69, 9.17) is 5.26 Å². The van der Waals surface area contributed by atoms with E-state index in [-0.39, 0.29) is 6.03 Å². The van der Waals surface area contributed by atoms with Crippen LogP contribution in [0.4, 0.5) is 10.5 Å².